The fraction of sp³-hybridized carbons (Fsp3) is 0.769. The summed E-state index contributed by atoms with van der Waals surface area (Å²) in [6.07, 6.45) is 0.327. The summed E-state index contributed by atoms with van der Waals surface area (Å²) in [5.74, 6) is -1.05. The second kappa shape index (κ2) is 10.9. The molecule has 0 aliphatic rings. The Hall–Kier alpha value is -1.83. The molecule has 0 saturated heterocycles. The lowest BCUT2D eigenvalue weighted by Gasteiger charge is -2.20. The fourth-order valence-electron chi connectivity index (χ4n) is 1.59. The summed E-state index contributed by atoms with van der Waals surface area (Å²) in [5, 5.41) is 16.1. The van der Waals surface area contributed by atoms with E-state index >= 15 is 0 Å². The smallest absolute Gasteiger partial charge is 0.315 e. The Morgan fingerprint density at radius 1 is 1.14 bits per heavy atom. The third kappa shape index (κ3) is 10.6. The number of rotatable bonds is 10. The highest BCUT2D eigenvalue weighted by molar-refractivity contribution is 5.87. The Morgan fingerprint density at radius 3 is 2.33 bits per heavy atom. The van der Waals surface area contributed by atoms with Gasteiger partial charge in [-0.25, -0.2) is 4.79 Å². The first-order chi connectivity index (χ1) is 9.86. The van der Waals surface area contributed by atoms with Crippen LogP contribution >= 0.6 is 0 Å². The molecule has 0 aliphatic heterocycles. The van der Waals surface area contributed by atoms with Crippen LogP contribution in [0.1, 0.15) is 26.7 Å². The quantitative estimate of drug-likeness (QED) is 0.422. The van der Waals surface area contributed by atoms with E-state index in [1.807, 2.05) is 13.8 Å². The zero-order valence-corrected chi connectivity index (χ0v) is 12.8. The number of amides is 3. The van der Waals surface area contributed by atoms with E-state index in [1.165, 1.54) is 7.11 Å². The van der Waals surface area contributed by atoms with Crippen molar-refractivity contribution in [3.8, 4) is 0 Å². The topological polar surface area (TPSA) is 117 Å². The van der Waals surface area contributed by atoms with Crippen molar-refractivity contribution in [1.29, 1.82) is 0 Å². The Labute approximate surface area is 124 Å². The molecule has 0 radical (unpaired) electrons. The average Bonchev–Trinajstić information content (AvgIpc) is 2.37. The Morgan fingerprint density at radius 2 is 1.81 bits per heavy atom. The van der Waals surface area contributed by atoms with Crippen LogP contribution in [0, 0.1) is 5.92 Å². The van der Waals surface area contributed by atoms with Crippen molar-refractivity contribution in [2.45, 2.75) is 32.7 Å². The third-order valence-electron chi connectivity index (χ3n) is 2.56. The summed E-state index contributed by atoms with van der Waals surface area (Å²) >= 11 is 0. The normalized spacial score (nSPS) is 11.8. The minimum Gasteiger partial charge on any atom is -0.481 e. The van der Waals surface area contributed by atoms with Crippen LogP contribution in [-0.4, -0.2) is 55.9 Å². The van der Waals surface area contributed by atoms with Gasteiger partial charge in [0.15, 0.2) is 0 Å². The first-order valence-electron chi connectivity index (χ1n) is 6.89. The lowest BCUT2D eigenvalue weighted by Crippen LogP contribution is -2.51. The fourth-order valence-corrected chi connectivity index (χ4v) is 1.59. The molecule has 1 atom stereocenters. The summed E-state index contributed by atoms with van der Waals surface area (Å²) < 4.78 is 4.84. The maximum atomic E-state index is 12.0. The molecule has 0 aromatic carbocycles. The summed E-state index contributed by atoms with van der Waals surface area (Å²) in [6.45, 7) is 4.66. The molecule has 8 nitrogen and oxygen atoms in total. The molecular formula is C13H25N3O5. The molecule has 0 spiro atoms. The second-order valence-corrected chi connectivity index (χ2v) is 5.01. The molecule has 0 saturated carbocycles. The predicted molar refractivity (Wildman–Crippen MR) is 76.9 cm³/mol. The zero-order chi connectivity index (χ0) is 16.3. The summed E-state index contributed by atoms with van der Waals surface area (Å²) in [4.78, 5) is 34.0. The Bertz CT molecular complexity index is 347. The van der Waals surface area contributed by atoms with Crippen molar-refractivity contribution in [3.63, 3.8) is 0 Å². The number of ether oxygens (including phenoxy) is 1. The standard InChI is InChI=1S/C13H25N3O5/c1-9(2)8-10(12(19)14-6-7-21-3)16-13(20)15-5-4-11(17)18/h9-10H,4-8H2,1-3H3,(H,14,19)(H,17,18)(H2,15,16,20)/t10-/m0/s1. The van der Waals surface area contributed by atoms with Crippen LogP contribution < -0.4 is 16.0 Å². The van der Waals surface area contributed by atoms with Crippen molar-refractivity contribution in [3.05, 3.63) is 0 Å². The van der Waals surface area contributed by atoms with Gasteiger partial charge >= 0.3 is 12.0 Å². The van der Waals surface area contributed by atoms with Crippen LogP contribution in [0.3, 0.4) is 0 Å². The summed E-state index contributed by atoms with van der Waals surface area (Å²) in [6, 6.07) is -1.21. The van der Waals surface area contributed by atoms with Gasteiger partial charge in [0.25, 0.3) is 0 Å². The molecule has 21 heavy (non-hydrogen) atoms. The van der Waals surface area contributed by atoms with E-state index in [-0.39, 0.29) is 24.8 Å². The van der Waals surface area contributed by atoms with Gasteiger partial charge in [0, 0.05) is 20.2 Å². The van der Waals surface area contributed by atoms with E-state index in [4.69, 9.17) is 9.84 Å². The third-order valence-corrected chi connectivity index (χ3v) is 2.56. The molecule has 0 aromatic rings. The number of aliphatic carboxylic acids is 1. The molecule has 4 N–H and O–H groups in total. The molecule has 0 aliphatic carbocycles. The molecular weight excluding hydrogens is 278 g/mol. The van der Waals surface area contributed by atoms with Crippen LogP contribution in [-0.2, 0) is 14.3 Å². The predicted octanol–water partition coefficient (Wildman–Crippen LogP) is -0.0624. The molecule has 0 heterocycles. The lowest BCUT2D eigenvalue weighted by atomic mass is 10.0. The van der Waals surface area contributed by atoms with E-state index in [2.05, 4.69) is 16.0 Å². The number of carbonyl (C=O) groups excluding carboxylic acids is 2. The minimum absolute atomic E-state index is 0.0147. The van der Waals surface area contributed by atoms with Gasteiger partial charge < -0.3 is 25.8 Å². The first-order valence-corrected chi connectivity index (χ1v) is 6.89. The first kappa shape index (κ1) is 19.2. The van der Waals surface area contributed by atoms with Gasteiger partial charge in [-0.15, -0.1) is 0 Å². The van der Waals surface area contributed by atoms with Crippen molar-refractivity contribution in [2.24, 2.45) is 5.92 Å². The number of carboxylic acids is 1. The second-order valence-electron chi connectivity index (χ2n) is 5.01. The van der Waals surface area contributed by atoms with Crippen LogP contribution in [0.4, 0.5) is 4.79 Å². The maximum Gasteiger partial charge on any atom is 0.315 e. The van der Waals surface area contributed by atoms with E-state index < -0.39 is 18.0 Å². The summed E-state index contributed by atoms with van der Waals surface area (Å²) in [5.41, 5.74) is 0. The van der Waals surface area contributed by atoms with Gasteiger partial charge in [0.2, 0.25) is 5.91 Å². The zero-order valence-electron chi connectivity index (χ0n) is 12.8. The van der Waals surface area contributed by atoms with Gasteiger partial charge in [-0.3, -0.25) is 9.59 Å². The van der Waals surface area contributed by atoms with E-state index in [1.54, 1.807) is 0 Å². The Balaban J connectivity index is 4.30. The number of urea groups is 1. The molecule has 0 rings (SSSR count). The Kier molecular flexibility index (Phi) is 9.95. The van der Waals surface area contributed by atoms with Crippen molar-refractivity contribution in [2.75, 3.05) is 26.8 Å². The minimum atomic E-state index is -0.994. The molecule has 0 unspecified atom stereocenters. The SMILES string of the molecule is COCCNC(=O)[C@H](CC(C)C)NC(=O)NCCC(=O)O. The summed E-state index contributed by atoms with van der Waals surface area (Å²) in [7, 11) is 1.53. The van der Waals surface area contributed by atoms with Crippen LogP contribution in [0.25, 0.3) is 0 Å². The molecule has 0 fully saturated rings. The van der Waals surface area contributed by atoms with Gasteiger partial charge in [-0.05, 0) is 12.3 Å². The average molecular weight is 303 g/mol. The monoisotopic (exact) mass is 303 g/mol. The lowest BCUT2D eigenvalue weighted by molar-refractivity contribution is -0.136. The molecule has 3 amide bonds. The number of nitrogens with one attached hydrogen (secondary N) is 3. The van der Waals surface area contributed by atoms with Crippen molar-refractivity contribution >= 4 is 17.9 Å². The van der Waals surface area contributed by atoms with Gasteiger partial charge in [0.05, 0.1) is 13.0 Å². The number of methoxy groups -OCH3 is 1. The van der Waals surface area contributed by atoms with E-state index in [0.717, 1.165) is 0 Å². The molecule has 122 valence electrons. The number of carbonyl (C=O) groups is 3. The van der Waals surface area contributed by atoms with Gasteiger partial charge in [-0.1, -0.05) is 13.8 Å². The van der Waals surface area contributed by atoms with Gasteiger partial charge in [-0.2, -0.15) is 0 Å². The van der Waals surface area contributed by atoms with Crippen molar-refractivity contribution in [1.82, 2.24) is 16.0 Å². The highest BCUT2D eigenvalue weighted by Gasteiger charge is 2.21. The van der Waals surface area contributed by atoms with E-state index in [9.17, 15) is 14.4 Å². The molecule has 0 bridgehead atoms. The number of hydrogen-bond donors (Lipinski definition) is 4. The van der Waals surface area contributed by atoms with Crippen molar-refractivity contribution < 1.29 is 24.2 Å². The van der Waals surface area contributed by atoms with Crippen LogP contribution in [0.5, 0.6) is 0 Å². The maximum absolute atomic E-state index is 12.0. The van der Waals surface area contributed by atoms with Crippen LogP contribution in [0.15, 0.2) is 0 Å². The highest BCUT2D eigenvalue weighted by Crippen LogP contribution is 2.04. The van der Waals surface area contributed by atoms with E-state index in [0.29, 0.717) is 19.6 Å². The van der Waals surface area contributed by atoms with Gasteiger partial charge in [0.1, 0.15) is 6.04 Å². The largest absolute Gasteiger partial charge is 0.481 e. The molecule has 0 aromatic heterocycles. The highest BCUT2D eigenvalue weighted by atomic mass is 16.5. The number of hydrogen-bond acceptors (Lipinski definition) is 4. The number of carboxylic acid groups (broad SMARTS) is 1. The van der Waals surface area contributed by atoms with Crippen LogP contribution in [0.2, 0.25) is 0 Å². The molecule has 8 heteroatoms.